The normalized spacial score (nSPS) is 11.6. The molecule has 0 unspecified atom stereocenters. The summed E-state index contributed by atoms with van der Waals surface area (Å²) in [5.41, 5.74) is 13.1. The second-order valence-electron chi connectivity index (χ2n) is 14.1. The number of fused-ring (bicyclic) bond motifs is 7. The Balaban J connectivity index is 1.10. The van der Waals surface area contributed by atoms with Gasteiger partial charge in [0.15, 0.2) is 0 Å². The van der Waals surface area contributed by atoms with Crippen LogP contribution in [0.4, 0.5) is 17.1 Å². The third-order valence-electron chi connectivity index (χ3n) is 11.0. The van der Waals surface area contributed by atoms with Gasteiger partial charge in [0.1, 0.15) is 11.2 Å². The molecule has 0 N–H and O–H groups in total. The number of hydrogen-bond donors (Lipinski definition) is 0. The van der Waals surface area contributed by atoms with Crippen LogP contribution >= 0.6 is 0 Å². The molecular formula is C52H34N2O. The number of furan rings is 1. The van der Waals surface area contributed by atoms with Crippen molar-refractivity contribution >= 4 is 71.6 Å². The van der Waals surface area contributed by atoms with Crippen LogP contribution in [0, 0.1) is 0 Å². The van der Waals surface area contributed by atoms with Gasteiger partial charge in [-0.1, -0.05) is 140 Å². The Bertz CT molecular complexity index is 3170. The summed E-state index contributed by atoms with van der Waals surface area (Å²) in [5, 5.41) is 7.14. The molecule has 0 spiro atoms. The number of aromatic nitrogens is 1. The quantitative estimate of drug-likeness (QED) is 0.172. The van der Waals surface area contributed by atoms with Gasteiger partial charge in [0.2, 0.25) is 0 Å². The Morgan fingerprint density at radius 2 is 0.927 bits per heavy atom. The van der Waals surface area contributed by atoms with Gasteiger partial charge < -0.3 is 13.9 Å². The zero-order valence-electron chi connectivity index (χ0n) is 29.9. The number of para-hydroxylation sites is 5. The van der Waals surface area contributed by atoms with Gasteiger partial charge in [-0.25, -0.2) is 0 Å². The average Bonchev–Trinajstić information content (AvgIpc) is 3.81. The van der Waals surface area contributed by atoms with Crippen molar-refractivity contribution in [2.24, 2.45) is 0 Å². The highest BCUT2D eigenvalue weighted by Crippen LogP contribution is 2.46. The monoisotopic (exact) mass is 702 g/mol. The van der Waals surface area contributed by atoms with Gasteiger partial charge in [-0.15, -0.1) is 0 Å². The van der Waals surface area contributed by atoms with Crippen molar-refractivity contribution in [2.45, 2.75) is 0 Å². The Hall–Kier alpha value is -7.36. The van der Waals surface area contributed by atoms with Gasteiger partial charge in [0.25, 0.3) is 0 Å². The van der Waals surface area contributed by atoms with Crippen molar-refractivity contribution in [1.29, 1.82) is 0 Å². The fourth-order valence-corrected chi connectivity index (χ4v) is 8.42. The summed E-state index contributed by atoms with van der Waals surface area (Å²) in [6, 6.07) is 74.0. The molecule has 0 fully saturated rings. The molecule has 2 aromatic heterocycles. The summed E-state index contributed by atoms with van der Waals surface area (Å²) >= 11 is 0. The minimum absolute atomic E-state index is 0.861. The van der Waals surface area contributed by atoms with Crippen molar-refractivity contribution in [3.05, 3.63) is 206 Å². The standard InChI is InChI=1S/C52H34N2O/c1-2-14-37-34-40(28-27-35(37)13-1)39-16-11-15-38(33-39)36-29-31-41(32-30-36)53(49-24-12-26-51-52(49)44-19-5-10-25-50(44)55-51)47-22-8-9-23-48(47)54-45-20-6-3-17-42(45)43-18-4-7-21-46(43)54/h1-34H. The van der Waals surface area contributed by atoms with E-state index in [0.29, 0.717) is 0 Å². The summed E-state index contributed by atoms with van der Waals surface area (Å²) in [5.74, 6) is 0. The molecule has 55 heavy (non-hydrogen) atoms. The lowest BCUT2D eigenvalue weighted by Crippen LogP contribution is -2.13. The van der Waals surface area contributed by atoms with E-state index in [9.17, 15) is 0 Å². The van der Waals surface area contributed by atoms with Crippen molar-refractivity contribution in [2.75, 3.05) is 4.90 Å². The van der Waals surface area contributed by atoms with Crippen molar-refractivity contribution < 1.29 is 4.42 Å². The zero-order chi connectivity index (χ0) is 36.3. The largest absolute Gasteiger partial charge is 0.456 e. The molecule has 3 heteroatoms. The van der Waals surface area contributed by atoms with Crippen LogP contribution in [0.3, 0.4) is 0 Å². The van der Waals surface area contributed by atoms with E-state index in [4.69, 9.17) is 4.42 Å². The fraction of sp³-hybridized carbons (Fsp3) is 0. The van der Waals surface area contributed by atoms with Gasteiger partial charge in [0, 0.05) is 21.8 Å². The second-order valence-corrected chi connectivity index (χ2v) is 14.1. The van der Waals surface area contributed by atoms with E-state index in [1.807, 2.05) is 6.07 Å². The third-order valence-corrected chi connectivity index (χ3v) is 11.0. The molecule has 0 bridgehead atoms. The molecule has 9 aromatic carbocycles. The smallest absolute Gasteiger partial charge is 0.137 e. The summed E-state index contributed by atoms with van der Waals surface area (Å²) in [6.07, 6.45) is 0. The highest BCUT2D eigenvalue weighted by molar-refractivity contribution is 6.14. The van der Waals surface area contributed by atoms with E-state index in [2.05, 4.69) is 210 Å². The first-order valence-corrected chi connectivity index (χ1v) is 18.8. The molecule has 0 aliphatic rings. The number of hydrogen-bond acceptors (Lipinski definition) is 2. The number of anilines is 3. The SMILES string of the molecule is c1cc(-c2ccc(N(c3ccccc3-n3c4ccccc4c4ccccc43)c3cccc4oc5ccccc5c34)cc2)cc(-c2ccc3ccccc3c2)c1. The molecule has 0 amide bonds. The van der Waals surface area contributed by atoms with Crippen LogP contribution in [0.5, 0.6) is 0 Å². The topological polar surface area (TPSA) is 21.3 Å². The predicted molar refractivity (Wildman–Crippen MR) is 231 cm³/mol. The Kier molecular flexibility index (Phi) is 7.17. The maximum Gasteiger partial charge on any atom is 0.137 e. The molecule has 0 atom stereocenters. The third kappa shape index (κ3) is 5.13. The Morgan fingerprint density at radius 3 is 1.73 bits per heavy atom. The summed E-state index contributed by atoms with van der Waals surface area (Å²) in [6.45, 7) is 0. The lowest BCUT2D eigenvalue weighted by atomic mass is 9.97. The van der Waals surface area contributed by atoms with Crippen molar-refractivity contribution in [1.82, 2.24) is 4.57 Å². The van der Waals surface area contributed by atoms with Gasteiger partial charge >= 0.3 is 0 Å². The summed E-state index contributed by atoms with van der Waals surface area (Å²) in [7, 11) is 0. The zero-order valence-corrected chi connectivity index (χ0v) is 29.9. The Labute approximate surface area is 318 Å². The van der Waals surface area contributed by atoms with Crippen LogP contribution < -0.4 is 4.90 Å². The molecule has 11 aromatic rings. The maximum absolute atomic E-state index is 6.45. The molecule has 0 saturated heterocycles. The summed E-state index contributed by atoms with van der Waals surface area (Å²) in [4.78, 5) is 2.40. The van der Waals surface area contributed by atoms with E-state index >= 15 is 0 Å². The fourth-order valence-electron chi connectivity index (χ4n) is 8.42. The maximum atomic E-state index is 6.45. The molecule has 0 saturated carbocycles. The van der Waals surface area contributed by atoms with Crippen LogP contribution in [0.25, 0.3) is 82.5 Å². The highest BCUT2D eigenvalue weighted by atomic mass is 16.3. The van der Waals surface area contributed by atoms with E-state index in [-0.39, 0.29) is 0 Å². The molecule has 0 radical (unpaired) electrons. The lowest BCUT2D eigenvalue weighted by Gasteiger charge is -2.29. The highest BCUT2D eigenvalue weighted by Gasteiger charge is 2.23. The molecule has 258 valence electrons. The van der Waals surface area contributed by atoms with Crippen molar-refractivity contribution in [3.8, 4) is 27.9 Å². The summed E-state index contributed by atoms with van der Waals surface area (Å²) < 4.78 is 8.86. The first-order chi connectivity index (χ1) is 27.3. The van der Waals surface area contributed by atoms with E-state index in [0.717, 1.165) is 50.3 Å². The van der Waals surface area contributed by atoms with E-state index in [1.54, 1.807) is 0 Å². The van der Waals surface area contributed by atoms with Crippen LogP contribution in [-0.2, 0) is 0 Å². The van der Waals surface area contributed by atoms with E-state index in [1.165, 1.54) is 49.3 Å². The van der Waals surface area contributed by atoms with Crippen LogP contribution in [0.1, 0.15) is 0 Å². The first-order valence-electron chi connectivity index (χ1n) is 18.8. The Morgan fingerprint density at radius 1 is 0.364 bits per heavy atom. The minimum atomic E-state index is 0.861. The number of benzene rings is 9. The van der Waals surface area contributed by atoms with Crippen LogP contribution in [0.2, 0.25) is 0 Å². The first kappa shape index (κ1) is 31.2. The lowest BCUT2D eigenvalue weighted by molar-refractivity contribution is 0.669. The van der Waals surface area contributed by atoms with Crippen LogP contribution in [-0.4, -0.2) is 4.57 Å². The molecule has 0 aliphatic heterocycles. The number of rotatable bonds is 6. The second kappa shape index (κ2) is 12.6. The van der Waals surface area contributed by atoms with Gasteiger partial charge in [-0.2, -0.15) is 0 Å². The van der Waals surface area contributed by atoms with Crippen LogP contribution in [0.15, 0.2) is 211 Å². The average molecular weight is 703 g/mol. The molecule has 0 aliphatic carbocycles. The van der Waals surface area contributed by atoms with Gasteiger partial charge in [-0.05, 0) is 99.8 Å². The molecule has 3 nitrogen and oxygen atoms in total. The molecular weight excluding hydrogens is 669 g/mol. The van der Waals surface area contributed by atoms with Crippen molar-refractivity contribution in [3.63, 3.8) is 0 Å². The molecule has 11 rings (SSSR count). The van der Waals surface area contributed by atoms with Gasteiger partial charge in [0.05, 0.1) is 33.5 Å². The minimum Gasteiger partial charge on any atom is -0.456 e. The van der Waals surface area contributed by atoms with E-state index < -0.39 is 0 Å². The van der Waals surface area contributed by atoms with Gasteiger partial charge in [-0.3, -0.25) is 0 Å². The number of nitrogens with zero attached hydrogens (tertiary/aromatic N) is 2. The molecule has 2 heterocycles. The predicted octanol–water partition coefficient (Wildman–Crippen LogP) is 14.6.